The first-order valence-corrected chi connectivity index (χ1v) is 5.29. The van der Waals surface area contributed by atoms with Gasteiger partial charge in [-0.3, -0.25) is 0 Å². The summed E-state index contributed by atoms with van der Waals surface area (Å²) in [4.78, 5) is 0. The molecule has 0 aliphatic carbocycles. The Kier molecular flexibility index (Phi) is 4.81. The fourth-order valence-electron chi connectivity index (χ4n) is 1.53. The van der Waals surface area contributed by atoms with E-state index < -0.39 is 5.60 Å². The van der Waals surface area contributed by atoms with Gasteiger partial charge in [0.15, 0.2) is 0 Å². The van der Waals surface area contributed by atoms with Crippen molar-refractivity contribution in [2.24, 2.45) is 0 Å². The third kappa shape index (κ3) is 4.37. The molecule has 14 heavy (non-hydrogen) atoms. The van der Waals surface area contributed by atoms with E-state index in [1.165, 1.54) is 6.42 Å². The van der Waals surface area contributed by atoms with Gasteiger partial charge in [-0.1, -0.05) is 0 Å². The lowest BCUT2D eigenvalue weighted by Crippen LogP contribution is -2.44. The highest BCUT2D eigenvalue weighted by molar-refractivity contribution is 4.75. The lowest BCUT2D eigenvalue weighted by Gasteiger charge is -2.25. The summed E-state index contributed by atoms with van der Waals surface area (Å²) in [6.45, 7) is 3.41. The molecule has 4 heteroatoms. The van der Waals surface area contributed by atoms with E-state index in [1.54, 1.807) is 6.92 Å². The SMILES string of the molecule is CC(O)(CO)CNCC1CCCCO1. The molecule has 1 fully saturated rings. The molecule has 2 unspecified atom stereocenters. The summed E-state index contributed by atoms with van der Waals surface area (Å²) in [6, 6.07) is 0. The van der Waals surface area contributed by atoms with Crippen molar-refractivity contribution in [3.8, 4) is 0 Å². The van der Waals surface area contributed by atoms with Gasteiger partial charge in [-0.15, -0.1) is 0 Å². The predicted octanol–water partition coefficient (Wildman–Crippen LogP) is -0.112. The number of aliphatic hydroxyl groups excluding tert-OH is 1. The maximum absolute atomic E-state index is 9.50. The molecule has 0 spiro atoms. The molecule has 1 aliphatic heterocycles. The second-order valence-corrected chi connectivity index (χ2v) is 4.27. The number of hydrogen-bond donors (Lipinski definition) is 3. The third-order valence-electron chi connectivity index (χ3n) is 2.49. The summed E-state index contributed by atoms with van der Waals surface area (Å²) in [5.74, 6) is 0. The molecule has 0 aromatic heterocycles. The van der Waals surface area contributed by atoms with Gasteiger partial charge >= 0.3 is 0 Å². The van der Waals surface area contributed by atoms with E-state index in [-0.39, 0.29) is 12.7 Å². The van der Waals surface area contributed by atoms with Crippen LogP contribution in [0.1, 0.15) is 26.2 Å². The van der Waals surface area contributed by atoms with Gasteiger partial charge in [0.05, 0.1) is 18.3 Å². The van der Waals surface area contributed by atoms with Gasteiger partial charge in [0.1, 0.15) is 0 Å². The second kappa shape index (κ2) is 5.66. The van der Waals surface area contributed by atoms with E-state index in [2.05, 4.69) is 5.32 Å². The number of hydrogen-bond acceptors (Lipinski definition) is 4. The molecule has 0 radical (unpaired) electrons. The van der Waals surface area contributed by atoms with Crippen LogP contribution in [0, 0.1) is 0 Å². The topological polar surface area (TPSA) is 61.7 Å². The quantitative estimate of drug-likeness (QED) is 0.583. The predicted molar refractivity (Wildman–Crippen MR) is 54.2 cm³/mol. The fraction of sp³-hybridized carbons (Fsp3) is 1.00. The molecule has 1 aliphatic rings. The van der Waals surface area contributed by atoms with Crippen molar-refractivity contribution in [1.82, 2.24) is 5.32 Å². The van der Waals surface area contributed by atoms with Crippen LogP contribution < -0.4 is 5.32 Å². The van der Waals surface area contributed by atoms with Crippen molar-refractivity contribution >= 4 is 0 Å². The molecule has 4 nitrogen and oxygen atoms in total. The lowest BCUT2D eigenvalue weighted by molar-refractivity contribution is -0.00963. The van der Waals surface area contributed by atoms with Crippen molar-refractivity contribution in [3.63, 3.8) is 0 Å². The number of nitrogens with one attached hydrogen (secondary N) is 1. The Morgan fingerprint density at radius 3 is 2.86 bits per heavy atom. The van der Waals surface area contributed by atoms with Crippen LogP contribution in [0.15, 0.2) is 0 Å². The molecule has 0 saturated carbocycles. The van der Waals surface area contributed by atoms with E-state index >= 15 is 0 Å². The lowest BCUT2D eigenvalue weighted by atomic mass is 10.1. The van der Waals surface area contributed by atoms with Crippen LogP contribution >= 0.6 is 0 Å². The highest BCUT2D eigenvalue weighted by Gasteiger charge is 2.19. The molecule has 0 aromatic carbocycles. The first-order chi connectivity index (χ1) is 6.64. The zero-order chi connectivity index (χ0) is 10.4. The van der Waals surface area contributed by atoms with E-state index in [0.29, 0.717) is 6.54 Å². The maximum Gasteiger partial charge on any atom is 0.0972 e. The van der Waals surface area contributed by atoms with Gasteiger partial charge in [-0.2, -0.15) is 0 Å². The number of aliphatic hydroxyl groups is 2. The minimum Gasteiger partial charge on any atom is -0.393 e. The first kappa shape index (κ1) is 11.9. The summed E-state index contributed by atoms with van der Waals surface area (Å²) in [7, 11) is 0. The van der Waals surface area contributed by atoms with Crippen LogP contribution in [0.5, 0.6) is 0 Å². The van der Waals surface area contributed by atoms with Crippen LogP contribution in [-0.2, 0) is 4.74 Å². The summed E-state index contributed by atoms with van der Waals surface area (Å²) < 4.78 is 5.52. The van der Waals surface area contributed by atoms with Gasteiger partial charge in [0.2, 0.25) is 0 Å². The van der Waals surface area contributed by atoms with Crippen LogP contribution in [0.25, 0.3) is 0 Å². The largest absolute Gasteiger partial charge is 0.393 e. The van der Waals surface area contributed by atoms with Crippen molar-refractivity contribution < 1.29 is 14.9 Å². The molecule has 0 bridgehead atoms. The Morgan fingerprint density at radius 1 is 1.50 bits per heavy atom. The highest BCUT2D eigenvalue weighted by atomic mass is 16.5. The second-order valence-electron chi connectivity index (χ2n) is 4.27. The molecule has 2 atom stereocenters. The molecule has 0 aromatic rings. The Bertz CT molecular complexity index is 155. The van der Waals surface area contributed by atoms with Crippen molar-refractivity contribution in [2.75, 3.05) is 26.3 Å². The molecule has 1 saturated heterocycles. The van der Waals surface area contributed by atoms with E-state index in [1.807, 2.05) is 0 Å². The molecule has 84 valence electrons. The van der Waals surface area contributed by atoms with Gasteiger partial charge in [-0.25, -0.2) is 0 Å². The normalized spacial score (nSPS) is 27.2. The zero-order valence-electron chi connectivity index (χ0n) is 8.83. The number of ether oxygens (including phenoxy) is 1. The average molecular weight is 203 g/mol. The number of rotatable bonds is 5. The Morgan fingerprint density at radius 2 is 2.29 bits per heavy atom. The van der Waals surface area contributed by atoms with Crippen molar-refractivity contribution in [1.29, 1.82) is 0 Å². The highest BCUT2D eigenvalue weighted by Crippen LogP contribution is 2.11. The Labute approximate surface area is 85.3 Å². The standard InChI is InChI=1S/C10H21NO3/c1-10(13,8-12)7-11-6-9-4-2-3-5-14-9/h9,11-13H,2-8H2,1H3. The van der Waals surface area contributed by atoms with Crippen LogP contribution in [0.4, 0.5) is 0 Å². The van der Waals surface area contributed by atoms with Crippen LogP contribution in [0.2, 0.25) is 0 Å². The van der Waals surface area contributed by atoms with E-state index in [4.69, 9.17) is 9.84 Å². The average Bonchev–Trinajstić information content (AvgIpc) is 2.19. The molecule has 0 amide bonds. The smallest absolute Gasteiger partial charge is 0.0972 e. The minimum absolute atomic E-state index is 0.217. The zero-order valence-corrected chi connectivity index (χ0v) is 8.83. The molecule has 1 heterocycles. The van der Waals surface area contributed by atoms with Crippen LogP contribution in [0.3, 0.4) is 0 Å². The summed E-state index contributed by atoms with van der Waals surface area (Å²) >= 11 is 0. The monoisotopic (exact) mass is 203 g/mol. The first-order valence-electron chi connectivity index (χ1n) is 5.29. The van der Waals surface area contributed by atoms with Gasteiger partial charge in [-0.05, 0) is 26.2 Å². The molecule has 1 rings (SSSR count). The maximum atomic E-state index is 9.50. The Balaban J connectivity index is 2.08. The summed E-state index contributed by atoms with van der Waals surface area (Å²) in [5, 5.41) is 21.4. The van der Waals surface area contributed by atoms with Crippen LogP contribution in [-0.4, -0.2) is 48.2 Å². The van der Waals surface area contributed by atoms with Gasteiger partial charge in [0, 0.05) is 19.7 Å². The van der Waals surface area contributed by atoms with Crippen molar-refractivity contribution in [2.45, 2.75) is 37.9 Å². The van der Waals surface area contributed by atoms with Crippen molar-refractivity contribution in [3.05, 3.63) is 0 Å². The third-order valence-corrected chi connectivity index (χ3v) is 2.49. The van der Waals surface area contributed by atoms with E-state index in [9.17, 15) is 5.11 Å². The van der Waals surface area contributed by atoms with E-state index in [0.717, 1.165) is 26.0 Å². The van der Waals surface area contributed by atoms with Gasteiger partial charge < -0.3 is 20.3 Å². The molecular formula is C10H21NO3. The molecule has 3 N–H and O–H groups in total. The Hall–Kier alpha value is -0.160. The summed E-state index contributed by atoms with van der Waals surface area (Å²) in [5.41, 5.74) is -1.02. The fourth-order valence-corrected chi connectivity index (χ4v) is 1.53. The summed E-state index contributed by atoms with van der Waals surface area (Å²) in [6.07, 6.45) is 3.75. The molecular weight excluding hydrogens is 182 g/mol. The van der Waals surface area contributed by atoms with Gasteiger partial charge in [0.25, 0.3) is 0 Å². The minimum atomic E-state index is -1.02.